The molecular formula is C12H16BrN3S. The number of thioether (sulfide) groups is 1. The molecule has 2 N–H and O–H groups in total. The van der Waals surface area contributed by atoms with E-state index in [1.54, 1.807) is 0 Å². The van der Waals surface area contributed by atoms with Crippen LogP contribution >= 0.6 is 27.7 Å². The van der Waals surface area contributed by atoms with Crippen LogP contribution in [-0.2, 0) is 0 Å². The van der Waals surface area contributed by atoms with E-state index in [1.807, 2.05) is 23.9 Å². The van der Waals surface area contributed by atoms with Crippen LogP contribution in [0.2, 0.25) is 0 Å². The van der Waals surface area contributed by atoms with Crippen LogP contribution in [0.5, 0.6) is 0 Å². The molecule has 3 nitrogen and oxygen atoms in total. The summed E-state index contributed by atoms with van der Waals surface area (Å²) in [6.07, 6.45) is 0. The number of rotatable bonds is 4. The first-order chi connectivity index (χ1) is 8.13. The Morgan fingerprint density at radius 2 is 2.29 bits per heavy atom. The summed E-state index contributed by atoms with van der Waals surface area (Å²) in [5.74, 6) is 2.78. The predicted octanol–water partition coefficient (Wildman–Crippen LogP) is 3.70. The lowest BCUT2D eigenvalue weighted by molar-refractivity contribution is 0.636. The van der Waals surface area contributed by atoms with E-state index >= 15 is 0 Å². The summed E-state index contributed by atoms with van der Waals surface area (Å²) in [6.45, 7) is 4.35. The quantitative estimate of drug-likeness (QED) is 0.936. The van der Waals surface area contributed by atoms with Gasteiger partial charge in [-0.15, -0.1) is 0 Å². The molecule has 1 heterocycles. The fourth-order valence-electron chi connectivity index (χ4n) is 1.91. The summed E-state index contributed by atoms with van der Waals surface area (Å²) >= 11 is 5.41. The Bertz CT molecular complexity index is 524. The Labute approximate surface area is 114 Å². The SMILES string of the molecule is CCSCC(C)n1c(N)nc2ccc(Br)cc21. The van der Waals surface area contributed by atoms with E-state index in [2.05, 4.69) is 45.4 Å². The number of nitrogens with zero attached hydrogens (tertiary/aromatic N) is 2. The van der Waals surface area contributed by atoms with Gasteiger partial charge >= 0.3 is 0 Å². The third-order valence-corrected chi connectivity index (χ3v) is 4.30. The number of imidazole rings is 1. The highest BCUT2D eigenvalue weighted by Gasteiger charge is 2.13. The molecule has 0 amide bonds. The molecule has 0 aliphatic rings. The monoisotopic (exact) mass is 313 g/mol. The average Bonchev–Trinajstić information content (AvgIpc) is 2.61. The van der Waals surface area contributed by atoms with Crippen LogP contribution in [0.1, 0.15) is 19.9 Å². The van der Waals surface area contributed by atoms with Crippen molar-refractivity contribution >= 4 is 44.7 Å². The van der Waals surface area contributed by atoms with E-state index in [4.69, 9.17) is 5.73 Å². The predicted molar refractivity (Wildman–Crippen MR) is 79.6 cm³/mol. The van der Waals surface area contributed by atoms with E-state index in [-0.39, 0.29) is 0 Å². The minimum absolute atomic E-state index is 0.360. The molecular weight excluding hydrogens is 298 g/mol. The van der Waals surface area contributed by atoms with Crippen molar-refractivity contribution in [2.45, 2.75) is 19.9 Å². The number of nitrogen functional groups attached to an aromatic ring is 1. The summed E-state index contributed by atoms with van der Waals surface area (Å²) < 4.78 is 3.17. The van der Waals surface area contributed by atoms with Crippen LogP contribution in [0.3, 0.4) is 0 Å². The number of nitrogens with two attached hydrogens (primary N) is 1. The molecule has 0 saturated carbocycles. The molecule has 0 aliphatic carbocycles. The standard InChI is InChI=1S/C12H16BrN3S/c1-3-17-7-8(2)16-11-6-9(13)4-5-10(11)15-12(16)14/h4-6,8H,3,7H2,1-2H3,(H2,14,15). The molecule has 0 radical (unpaired) electrons. The molecule has 0 saturated heterocycles. The van der Waals surface area contributed by atoms with Crippen LogP contribution in [0.4, 0.5) is 5.95 Å². The summed E-state index contributed by atoms with van der Waals surface area (Å²) in [6, 6.07) is 6.42. The highest BCUT2D eigenvalue weighted by Crippen LogP contribution is 2.27. The van der Waals surface area contributed by atoms with Gasteiger partial charge in [-0.05, 0) is 30.9 Å². The molecule has 0 bridgehead atoms. The Hall–Kier alpha value is -0.680. The van der Waals surface area contributed by atoms with Crippen molar-refractivity contribution in [2.75, 3.05) is 17.2 Å². The van der Waals surface area contributed by atoms with Gasteiger partial charge in [0.25, 0.3) is 0 Å². The van der Waals surface area contributed by atoms with Gasteiger partial charge in [0.2, 0.25) is 5.95 Å². The first kappa shape index (κ1) is 12.8. The maximum absolute atomic E-state index is 6.00. The molecule has 5 heteroatoms. The summed E-state index contributed by atoms with van der Waals surface area (Å²) in [5.41, 5.74) is 8.06. The minimum Gasteiger partial charge on any atom is -0.369 e. The smallest absolute Gasteiger partial charge is 0.201 e. The maximum atomic E-state index is 6.00. The number of benzene rings is 1. The van der Waals surface area contributed by atoms with Crippen molar-refractivity contribution in [1.29, 1.82) is 0 Å². The first-order valence-electron chi connectivity index (χ1n) is 5.64. The number of halogens is 1. The lowest BCUT2D eigenvalue weighted by Gasteiger charge is -2.15. The summed E-state index contributed by atoms with van der Waals surface area (Å²) in [5, 5.41) is 0. The van der Waals surface area contributed by atoms with Gasteiger partial charge in [0.05, 0.1) is 11.0 Å². The fraction of sp³-hybridized carbons (Fsp3) is 0.417. The lowest BCUT2D eigenvalue weighted by atomic mass is 10.3. The Kier molecular flexibility index (Phi) is 3.99. The van der Waals surface area contributed by atoms with Crippen molar-refractivity contribution in [2.24, 2.45) is 0 Å². The number of anilines is 1. The number of hydrogen-bond donors (Lipinski definition) is 1. The van der Waals surface area contributed by atoms with Crippen LogP contribution in [0.25, 0.3) is 11.0 Å². The number of aromatic nitrogens is 2. The third-order valence-electron chi connectivity index (χ3n) is 2.68. The minimum atomic E-state index is 0.360. The van der Waals surface area contributed by atoms with Gasteiger partial charge in [-0.1, -0.05) is 22.9 Å². The van der Waals surface area contributed by atoms with Crippen LogP contribution in [0.15, 0.2) is 22.7 Å². The Morgan fingerprint density at radius 1 is 1.53 bits per heavy atom. The topological polar surface area (TPSA) is 43.8 Å². The number of hydrogen-bond acceptors (Lipinski definition) is 3. The molecule has 0 fully saturated rings. The average molecular weight is 314 g/mol. The maximum Gasteiger partial charge on any atom is 0.201 e. The first-order valence-corrected chi connectivity index (χ1v) is 7.59. The van der Waals surface area contributed by atoms with E-state index in [1.165, 1.54) is 0 Å². The molecule has 2 aromatic rings. The zero-order valence-corrected chi connectivity index (χ0v) is 12.4. The second kappa shape index (κ2) is 5.31. The number of fused-ring (bicyclic) bond motifs is 1. The van der Waals surface area contributed by atoms with Gasteiger partial charge in [0.15, 0.2) is 0 Å². The molecule has 0 aliphatic heterocycles. The van der Waals surface area contributed by atoms with Crippen molar-refractivity contribution < 1.29 is 0 Å². The molecule has 1 atom stereocenters. The molecule has 92 valence electrons. The molecule has 1 aromatic heterocycles. The lowest BCUT2D eigenvalue weighted by Crippen LogP contribution is -2.11. The molecule has 1 unspecified atom stereocenters. The zero-order chi connectivity index (χ0) is 12.4. The van der Waals surface area contributed by atoms with Gasteiger partial charge in [-0.3, -0.25) is 0 Å². The van der Waals surface area contributed by atoms with Gasteiger partial charge in [0, 0.05) is 16.3 Å². The van der Waals surface area contributed by atoms with Crippen molar-refractivity contribution in [3.05, 3.63) is 22.7 Å². The van der Waals surface area contributed by atoms with Gasteiger partial charge < -0.3 is 10.3 Å². The summed E-state index contributed by atoms with van der Waals surface area (Å²) in [4.78, 5) is 4.39. The van der Waals surface area contributed by atoms with Gasteiger partial charge in [-0.25, -0.2) is 4.98 Å². The zero-order valence-electron chi connectivity index (χ0n) is 9.98. The third kappa shape index (κ3) is 2.60. The second-order valence-corrected chi connectivity index (χ2v) is 6.22. The largest absolute Gasteiger partial charge is 0.369 e. The molecule has 0 spiro atoms. The van der Waals surface area contributed by atoms with E-state index < -0.39 is 0 Å². The normalized spacial score (nSPS) is 13.1. The molecule has 1 aromatic carbocycles. The van der Waals surface area contributed by atoms with Crippen molar-refractivity contribution in [1.82, 2.24) is 9.55 Å². The van der Waals surface area contributed by atoms with Crippen molar-refractivity contribution in [3.63, 3.8) is 0 Å². The Balaban J connectivity index is 2.44. The van der Waals surface area contributed by atoms with Gasteiger partial charge in [0.1, 0.15) is 0 Å². The van der Waals surface area contributed by atoms with Crippen LogP contribution in [0, 0.1) is 0 Å². The van der Waals surface area contributed by atoms with E-state index in [0.29, 0.717) is 12.0 Å². The second-order valence-electron chi connectivity index (χ2n) is 3.98. The Morgan fingerprint density at radius 3 is 3.00 bits per heavy atom. The van der Waals surface area contributed by atoms with Crippen molar-refractivity contribution in [3.8, 4) is 0 Å². The van der Waals surface area contributed by atoms with Crippen LogP contribution < -0.4 is 5.73 Å². The molecule has 2 rings (SSSR count). The highest BCUT2D eigenvalue weighted by atomic mass is 79.9. The van der Waals surface area contributed by atoms with Gasteiger partial charge in [-0.2, -0.15) is 11.8 Å². The van der Waals surface area contributed by atoms with Crippen LogP contribution in [-0.4, -0.2) is 21.1 Å². The summed E-state index contributed by atoms with van der Waals surface area (Å²) in [7, 11) is 0. The highest BCUT2D eigenvalue weighted by molar-refractivity contribution is 9.10. The van der Waals surface area contributed by atoms with E-state index in [0.717, 1.165) is 27.0 Å². The fourth-order valence-corrected chi connectivity index (χ4v) is 2.99. The molecule has 17 heavy (non-hydrogen) atoms. The van der Waals surface area contributed by atoms with E-state index in [9.17, 15) is 0 Å².